The Labute approximate surface area is 87.5 Å². The first-order valence-corrected chi connectivity index (χ1v) is 5.13. The molecule has 0 aliphatic rings. The molecule has 1 unspecified atom stereocenters. The van der Waals surface area contributed by atoms with Crippen molar-refractivity contribution in [2.75, 3.05) is 5.88 Å². The molecule has 0 aliphatic carbocycles. The van der Waals surface area contributed by atoms with E-state index in [2.05, 4.69) is 11.1 Å². The molecule has 1 heterocycles. The van der Waals surface area contributed by atoms with Gasteiger partial charge in [0.2, 0.25) is 0 Å². The number of nitrogens with one attached hydrogen (secondary N) is 1. The van der Waals surface area contributed by atoms with Crippen LogP contribution in [0, 0.1) is 0 Å². The van der Waals surface area contributed by atoms with Crippen LogP contribution in [0.5, 0.6) is 0 Å². The predicted molar refractivity (Wildman–Crippen MR) is 58.7 cm³/mol. The van der Waals surface area contributed by atoms with Crippen LogP contribution in [0.2, 0.25) is 0 Å². The van der Waals surface area contributed by atoms with Crippen molar-refractivity contribution >= 4 is 22.5 Å². The minimum Gasteiger partial charge on any atom is -0.392 e. The number of halogens is 1. The molecule has 2 aromatic rings. The van der Waals surface area contributed by atoms with Gasteiger partial charge < -0.3 is 10.1 Å². The summed E-state index contributed by atoms with van der Waals surface area (Å²) in [5.41, 5.74) is 2.24. The Bertz CT molecular complexity index is 424. The zero-order valence-electron chi connectivity index (χ0n) is 7.70. The van der Waals surface area contributed by atoms with Gasteiger partial charge in [-0.15, -0.1) is 11.6 Å². The molecule has 0 radical (unpaired) electrons. The number of aromatic nitrogens is 1. The zero-order valence-corrected chi connectivity index (χ0v) is 8.46. The largest absolute Gasteiger partial charge is 0.392 e. The lowest BCUT2D eigenvalue weighted by atomic mass is 10.1. The fraction of sp³-hybridized carbons (Fsp3) is 0.273. The highest BCUT2D eigenvalue weighted by Gasteiger charge is 2.04. The highest BCUT2D eigenvalue weighted by atomic mass is 35.5. The molecule has 0 fully saturated rings. The summed E-state index contributed by atoms with van der Waals surface area (Å²) in [7, 11) is 0. The molecule has 3 heteroatoms. The highest BCUT2D eigenvalue weighted by Crippen LogP contribution is 2.15. The fourth-order valence-corrected chi connectivity index (χ4v) is 1.67. The molecule has 0 saturated heterocycles. The smallest absolute Gasteiger partial charge is 0.0715 e. The number of rotatable bonds is 3. The van der Waals surface area contributed by atoms with Crippen LogP contribution in [0.3, 0.4) is 0 Å². The maximum absolute atomic E-state index is 9.39. The molecule has 74 valence electrons. The van der Waals surface area contributed by atoms with E-state index in [1.165, 1.54) is 5.39 Å². The molecule has 1 aromatic heterocycles. The fourth-order valence-electron chi connectivity index (χ4n) is 1.56. The van der Waals surface area contributed by atoms with Crippen molar-refractivity contribution in [3.8, 4) is 0 Å². The van der Waals surface area contributed by atoms with Crippen LogP contribution in [0.15, 0.2) is 30.5 Å². The second-order valence-electron chi connectivity index (χ2n) is 3.41. The summed E-state index contributed by atoms with van der Waals surface area (Å²) in [5, 5.41) is 10.6. The maximum atomic E-state index is 9.39. The Hall–Kier alpha value is -0.990. The molecule has 2 N–H and O–H groups in total. The van der Waals surface area contributed by atoms with Crippen LogP contribution in [0.25, 0.3) is 10.9 Å². The Morgan fingerprint density at radius 3 is 3.00 bits per heavy atom. The normalized spacial score (nSPS) is 13.3. The van der Waals surface area contributed by atoms with Crippen LogP contribution in [0.1, 0.15) is 5.56 Å². The van der Waals surface area contributed by atoms with Gasteiger partial charge in [-0.05, 0) is 35.6 Å². The van der Waals surface area contributed by atoms with Crippen LogP contribution in [-0.4, -0.2) is 22.1 Å². The number of aromatic amines is 1. The van der Waals surface area contributed by atoms with E-state index in [1.807, 2.05) is 24.4 Å². The molecule has 1 atom stereocenters. The van der Waals surface area contributed by atoms with Crippen LogP contribution in [-0.2, 0) is 6.42 Å². The monoisotopic (exact) mass is 209 g/mol. The number of alkyl halides is 1. The standard InChI is InChI=1S/C11H12ClNO/c12-7-10(14)6-8-1-2-11-9(5-8)3-4-13-11/h1-5,10,13-14H,6-7H2. The first-order valence-electron chi connectivity index (χ1n) is 4.59. The van der Waals surface area contributed by atoms with E-state index in [-0.39, 0.29) is 5.88 Å². The number of aliphatic hydroxyl groups excluding tert-OH is 1. The number of aliphatic hydroxyl groups is 1. The molecule has 14 heavy (non-hydrogen) atoms. The summed E-state index contributed by atoms with van der Waals surface area (Å²) < 4.78 is 0. The van der Waals surface area contributed by atoms with E-state index < -0.39 is 6.10 Å². The van der Waals surface area contributed by atoms with Gasteiger partial charge in [-0.2, -0.15) is 0 Å². The van der Waals surface area contributed by atoms with Crippen LogP contribution >= 0.6 is 11.6 Å². The molecule has 2 nitrogen and oxygen atoms in total. The highest BCUT2D eigenvalue weighted by molar-refractivity contribution is 6.18. The predicted octanol–water partition coefficient (Wildman–Crippen LogP) is 2.31. The molecule has 0 amide bonds. The van der Waals surface area contributed by atoms with Crippen molar-refractivity contribution in [1.29, 1.82) is 0 Å². The van der Waals surface area contributed by atoms with Crippen molar-refractivity contribution in [2.45, 2.75) is 12.5 Å². The lowest BCUT2D eigenvalue weighted by Gasteiger charge is -2.06. The van der Waals surface area contributed by atoms with Gasteiger partial charge in [-0.3, -0.25) is 0 Å². The Morgan fingerprint density at radius 1 is 1.36 bits per heavy atom. The van der Waals surface area contributed by atoms with E-state index in [0.29, 0.717) is 6.42 Å². The Morgan fingerprint density at radius 2 is 2.21 bits per heavy atom. The van der Waals surface area contributed by atoms with Gasteiger partial charge in [0.1, 0.15) is 0 Å². The Kier molecular flexibility index (Phi) is 2.75. The third kappa shape index (κ3) is 1.91. The number of benzene rings is 1. The molecular formula is C11H12ClNO. The first-order chi connectivity index (χ1) is 6.79. The topological polar surface area (TPSA) is 36.0 Å². The zero-order chi connectivity index (χ0) is 9.97. The quantitative estimate of drug-likeness (QED) is 0.748. The van der Waals surface area contributed by atoms with Crippen LogP contribution in [0.4, 0.5) is 0 Å². The van der Waals surface area contributed by atoms with Crippen LogP contribution < -0.4 is 0 Å². The third-order valence-electron chi connectivity index (χ3n) is 2.27. The third-order valence-corrected chi connectivity index (χ3v) is 2.62. The molecular weight excluding hydrogens is 198 g/mol. The molecule has 0 spiro atoms. The van der Waals surface area contributed by atoms with Gasteiger partial charge in [0.25, 0.3) is 0 Å². The minimum absolute atomic E-state index is 0.283. The lowest BCUT2D eigenvalue weighted by molar-refractivity contribution is 0.199. The van der Waals surface area contributed by atoms with Crippen molar-refractivity contribution in [2.24, 2.45) is 0 Å². The second kappa shape index (κ2) is 4.03. The van der Waals surface area contributed by atoms with E-state index in [0.717, 1.165) is 11.1 Å². The van der Waals surface area contributed by atoms with Crippen molar-refractivity contribution in [3.63, 3.8) is 0 Å². The average molecular weight is 210 g/mol. The summed E-state index contributed by atoms with van der Waals surface area (Å²) >= 11 is 5.54. The SMILES string of the molecule is OC(CCl)Cc1ccc2[nH]ccc2c1. The Balaban J connectivity index is 2.25. The molecule has 0 saturated carbocycles. The van der Waals surface area contributed by atoms with Gasteiger partial charge in [0, 0.05) is 17.6 Å². The summed E-state index contributed by atoms with van der Waals surface area (Å²) in [6.07, 6.45) is 2.07. The molecule has 0 bridgehead atoms. The van der Waals surface area contributed by atoms with Crippen molar-refractivity contribution < 1.29 is 5.11 Å². The van der Waals surface area contributed by atoms with E-state index in [4.69, 9.17) is 11.6 Å². The summed E-state index contributed by atoms with van der Waals surface area (Å²) in [6, 6.07) is 8.12. The number of H-pyrrole nitrogens is 1. The average Bonchev–Trinajstić information content (AvgIpc) is 2.64. The molecule has 2 rings (SSSR count). The van der Waals surface area contributed by atoms with Gasteiger partial charge in [-0.25, -0.2) is 0 Å². The second-order valence-corrected chi connectivity index (χ2v) is 3.72. The van der Waals surface area contributed by atoms with E-state index >= 15 is 0 Å². The lowest BCUT2D eigenvalue weighted by Crippen LogP contribution is -2.11. The number of fused-ring (bicyclic) bond motifs is 1. The van der Waals surface area contributed by atoms with Gasteiger partial charge >= 0.3 is 0 Å². The van der Waals surface area contributed by atoms with E-state index in [1.54, 1.807) is 0 Å². The molecule has 0 aliphatic heterocycles. The van der Waals surface area contributed by atoms with Gasteiger partial charge in [0.05, 0.1) is 6.10 Å². The van der Waals surface area contributed by atoms with Crippen molar-refractivity contribution in [3.05, 3.63) is 36.0 Å². The summed E-state index contributed by atoms with van der Waals surface area (Å²) in [5.74, 6) is 0.283. The van der Waals surface area contributed by atoms with Gasteiger partial charge in [0.15, 0.2) is 0 Å². The summed E-state index contributed by atoms with van der Waals surface area (Å²) in [4.78, 5) is 3.13. The van der Waals surface area contributed by atoms with Gasteiger partial charge in [-0.1, -0.05) is 6.07 Å². The minimum atomic E-state index is -0.451. The number of hydrogen-bond acceptors (Lipinski definition) is 1. The molecule has 1 aromatic carbocycles. The summed E-state index contributed by atoms with van der Waals surface area (Å²) in [6.45, 7) is 0. The first kappa shape index (κ1) is 9.56. The van der Waals surface area contributed by atoms with Crippen molar-refractivity contribution in [1.82, 2.24) is 4.98 Å². The maximum Gasteiger partial charge on any atom is 0.0715 e. The van der Waals surface area contributed by atoms with E-state index in [9.17, 15) is 5.11 Å². The number of hydrogen-bond donors (Lipinski definition) is 2.